The van der Waals surface area contributed by atoms with E-state index < -0.39 is 5.97 Å². The Morgan fingerprint density at radius 2 is 1.86 bits per heavy atom. The summed E-state index contributed by atoms with van der Waals surface area (Å²) in [5.41, 5.74) is 2.41. The molecule has 0 aliphatic heterocycles. The van der Waals surface area contributed by atoms with Crippen LogP contribution in [0.25, 0.3) is 0 Å². The van der Waals surface area contributed by atoms with E-state index in [1.54, 1.807) is 55.6 Å². The number of nitrogens with one attached hydrogen (secondary N) is 2. The van der Waals surface area contributed by atoms with E-state index in [1.165, 1.54) is 6.20 Å². The van der Waals surface area contributed by atoms with Crippen molar-refractivity contribution in [3.05, 3.63) is 83.1 Å². The van der Waals surface area contributed by atoms with Gasteiger partial charge in [0.05, 0.1) is 35.3 Å². The number of esters is 1. The second kappa shape index (κ2) is 9.01. The number of halogens is 1. The molecule has 0 unspecified atom stereocenters. The van der Waals surface area contributed by atoms with Gasteiger partial charge in [0.2, 0.25) is 0 Å². The summed E-state index contributed by atoms with van der Waals surface area (Å²) in [6.07, 6.45) is 3.05. The summed E-state index contributed by atoms with van der Waals surface area (Å²) in [7, 11) is 0. The van der Waals surface area contributed by atoms with Crippen molar-refractivity contribution in [2.24, 2.45) is 0 Å². The Kier molecular flexibility index (Phi) is 6.24. The lowest BCUT2D eigenvalue weighted by Crippen LogP contribution is -2.16. The van der Waals surface area contributed by atoms with E-state index in [2.05, 4.69) is 15.6 Å². The number of ether oxygens (including phenoxy) is 1. The molecule has 0 bridgehead atoms. The van der Waals surface area contributed by atoms with Gasteiger partial charge in [0.25, 0.3) is 5.91 Å². The average Bonchev–Trinajstić information content (AvgIpc) is 2.69. The fraction of sp³-hybridized carbons (Fsp3) is 0.0952. The van der Waals surface area contributed by atoms with Gasteiger partial charge in [-0.15, -0.1) is 0 Å². The predicted molar refractivity (Wildman–Crippen MR) is 109 cm³/mol. The van der Waals surface area contributed by atoms with Gasteiger partial charge < -0.3 is 15.4 Å². The van der Waals surface area contributed by atoms with Crippen LogP contribution in [-0.2, 0) is 4.74 Å². The highest BCUT2D eigenvalue weighted by Gasteiger charge is 2.15. The van der Waals surface area contributed by atoms with Crippen molar-refractivity contribution in [1.29, 1.82) is 0 Å². The summed E-state index contributed by atoms with van der Waals surface area (Å²) in [5, 5.41) is 6.49. The maximum absolute atomic E-state index is 12.7. The summed E-state index contributed by atoms with van der Waals surface area (Å²) in [6, 6.07) is 15.6. The molecule has 142 valence electrons. The molecule has 0 fully saturated rings. The summed E-state index contributed by atoms with van der Waals surface area (Å²) >= 11 is 5.99. The number of amides is 1. The van der Waals surface area contributed by atoms with Crippen molar-refractivity contribution in [2.75, 3.05) is 17.2 Å². The van der Waals surface area contributed by atoms with Crippen molar-refractivity contribution in [3.63, 3.8) is 0 Å². The van der Waals surface area contributed by atoms with Crippen molar-refractivity contribution >= 4 is 40.5 Å². The first kappa shape index (κ1) is 19.4. The second-order valence-electron chi connectivity index (χ2n) is 5.82. The van der Waals surface area contributed by atoms with Crippen molar-refractivity contribution < 1.29 is 14.3 Å². The van der Waals surface area contributed by atoms with Crippen LogP contribution in [0.4, 0.5) is 17.1 Å². The summed E-state index contributed by atoms with van der Waals surface area (Å²) < 4.78 is 5.03. The number of para-hydroxylation sites is 1. The minimum Gasteiger partial charge on any atom is -0.462 e. The number of nitrogens with zero attached hydrogens (tertiary/aromatic N) is 1. The van der Waals surface area contributed by atoms with E-state index in [4.69, 9.17) is 16.3 Å². The minimum absolute atomic E-state index is 0.252. The van der Waals surface area contributed by atoms with Gasteiger partial charge in [0, 0.05) is 16.9 Å². The Labute approximate surface area is 167 Å². The zero-order valence-corrected chi connectivity index (χ0v) is 15.9. The first-order valence-electron chi connectivity index (χ1n) is 8.62. The molecule has 28 heavy (non-hydrogen) atoms. The number of pyridine rings is 1. The molecule has 3 rings (SSSR count). The zero-order valence-electron chi connectivity index (χ0n) is 15.1. The lowest BCUT2D eigenvalue weighted by atomic mass is 10.1. The van der Waals surface area contributed by atoms with E-state index >= 15 is 0 Å². The highest BCUT2D eigenvalue weighted by molar-refractivity contribution is 6.30. The molecule has 0 aliphatic rings. The van der Waals surface area contributed by atoms with E-state index in [0.29, 0.717) is 27.5 Å². The van der Waals surface area contributed by atoms with Crippen molar-refractivity contribution in [1.82, 2.24) is 4.98 Å². The first-order chi connectivity index (χ1) is 13.6. The molecule has 0 spiro atoms. The van der Waals surface area contributed by atoms with Gasteiger partial charge in [-0.2, -0.15) is 0 Å². The third-order valence-corrected chi connectivity index (χ3v) is 4.02. The molecule has 1 aromatic heterocycles. The SMILES string of the molecule is CCOC(=O)c1ccccc1NC(=O)c1cncc(Nc2cccc(Cl)c2)c1. The number of rotatable bonds is 6. The Hall–Kier alpha value is -3.38. The van der Waals surface area contributed by atoms with Gasteiger partial charge in [-0.25, -0.2) is 4.79 Å². The maximum atomic E-state index is 12.7. The van der Waals surface area contributed by atoms with Gasteiger partial charge in [-0.3, -0.25) is 9.78 Å². The van der Waals surface area contributed by atoms with Crippen LogP contribution in [0.3, 0.4) is 0 Å². The maximum Gasteiger partial charge on any atom is 0.340 e. The highest BCUT2D eigenvalue weighted by atomic mass is 35.5. The van der Waals surface area contributed by atoms with E-state index in [9.17, 15) is 9.59 Å². The number of hydrogen-bond acceptors (Lipinski definition) is 5. The molecule has 0 atom stereocenters. The monoisotopic (exact) mass is 395 g/mol. The molecular formula is C21H18ClN3O3. The predicted octanol–water partition coefficient (Wildman–Crippen LogP) is 4.91. The Morgan fingerprint density at radius 3 is 2.64 bits per heavy atom. The molecule has 7 heteroatoms. The van der Waals surface area contributed by atoms with Crippen LogP contribution < -0.4 is 10.6 Å². The third kappa shape index (κ3) is 4.86. The van der Waals surface area contributed by atoms with Crippen LogP contribution in [0.5, 0.6) is 0 Å². The summed E-state index contributed by atoms with van der Waals surface area (Å²) in [5.74, 6) is -0.883. The summed E-state index contributed by atoms with van der Waals surface area (Å²) in [6.45, 7) is 1.98. The number of anilines is 3. The van der Waals surface area contributed by atoms with Gasteiger partial charge >= 0.3 is 5.97 Å². The van der Waals surface area contributed by atoms with Crippen LogP contribution in [-0.4, -0.2) is 23.5 Å². The largest absolute Gasteiger partial charge is 0.462 e. The van der Waals surface area contributed by atoms with Gasteiger partial charge in [-0.1, -0.05) is 29.8 Å². The minimum atomic E-state index is -0.493. The molecule has 6 nitrogen and oxygen atoms in total. The smallest absolute Gasteiger partial charge is 0.340 e. The standard InChI is InChI=1S/C21H18ClN3O3/c1-2-28-21(27)18-8-3-4-9-19(18)25-20(26)14-10-17(13-23-12-14)24-16-7-5-6-15(22)11-16/h3-13,24H,2H2,1H3,(H,25,26). The molecule has 2 N–H and O–H groups in total. The van der Waals surface area contributed by atoms with E-state index in [1.807, 2.05) is 12.1 Å². The Bertz CT molecular complexity index is 1010. The van der Waals surface area contributed by atoms with Crippen LogP contribution in [0.1, 0.15) is 27.6 Å². The molecule has 0 aliphatic carbocycles. The molecule has 0 saturated heterocycles. The lowest BCUT2D eigenvalue weighted by Gasteiger charge is -2.11. The third-order valence-electron chi connectivity index (χ3n) is 3.78. The number of aromatic nitrogens is 1. The second-order valence-corrected chi connectivity index (χ2v) is 6.25. The number of hydrogen-bond donors (Lipinski definition) is 2. The molecule has 1 heterocycles. The van der Waals surface area contributed by atoms with E-state index in [0.717, 1.165) is 5.69 Å². The molecule has 0 radical (unpaired) electrons. The number of carbonyl (C=O) groups excluding carboxylic acids is 2. The fourth-order valence-electron chi connectivity index (χ4n) is 2.54. The Morgan fingerprint density at radius 1 is 1.04 bits per heavy atom. The van der Waals surface area contributed by atoms with Crippen LogP contribution in [0.2, 0.25) is 5.02 Å². The van der Waals surface area contributed by atoms with Gasteiger partial charge in [0.1, 0.15) is 0 Å². The first-order valence-corrected chi connectivity index (χ1v) is 8.99. The van der Waals surface area contributed by atoms with Crippen molar-refractivity contribution in [2.45, 2.75) is 6.92 Å². The topological polar surface area (TPSA) is 80.3 Å². The van der Waals surface area contributed by atoms with Crippen LogP contribution >= 0.6 is 11.6 Å². The van der Waals surface area contributed by atoms with Gasteiger partial charge in [-0.05, 0) is 43.3 Å². The van der Waals surface area contributed by atoms with Gasteiger partial charge in [0.15, 0.2) is 0 Å². The van der Waals surface area contributed by atoms with Crippen LogP contribution in [0.15, 0.2) is 67.0 Å². The molecular weight excluding hydrogens is 378 g/mol. The van der Waals surface area contributed by atoms with Crippen LogP contribution in [0, 0.1) is 0 Å². The zero-order chi connectivity index (χ0) is 19.9. The summed E-state index contributed by atoms with van der Waals surface area (Å²) in [4.78, 5) is 28.8. The molecule has 0 saturated carbocycles. The molecule has 2 aromatic carbocycles. The highest BCUT2D eigenvalue weighted by Crippen LogP contribution is 2.21. The molecule has 1 amide bonds. The average molecular weight is 396 g/mol. The number of carbonyl (C=O) groups is 2. The van der Waals surface area contributed by atoms with Crippen molar-refractivity contribution in [3.8, 4) is 0 Å². The number of benzene rings is 2. The fourth-order valence-corrected chi connectivity index (χ4v) is 2.73. The molecule has 3 aromatic rings. The Balaban J connectivity index is 1.78. The normalized spacial score (nSPS) is 10.2. The quantitative estimate of drug-likeness (QED) is 0.580. The van der Waals surface area contributed by atoms with E-state index in [-0.39, 0.29) is 12.5 Å². The lowest BCUT2D eigenvalue weighted by molar-refractivity contribution is 0.0527.